The Labute approximate surface area is 100 Å². The Bertz CT molecular complexity index is 523. The number of methoxy groups -OCH3 is 1. The Hall–Kier alpha value is -2.00. The van der Waals surface area contributed by atoms with Gasteiger partial charge in [0.05, 0.1) is 13.7 Å². The first-order valence-corrected chi connectivity index (χ1v) is 5.37. The van der Waals surface area contributed by atoms with E-state index in [0.29, 0.717) is 5.69 Å². The van der Waals surface area contributed by atoms with E-state index in [-0.39, 0.29) is 6.61 Å². The van der Waals surface area contributed by atoms with Crippen LogP contribution in [0.4, 0.5) is 5.69 Å². The highest BCUT2D eigenvalue weighted by atomic mass is 16.5. The van der Waals surface area contributed by atoms with Crippen molar-refractivity contribution in [2.45, 2.75) is 6.61 Å². The summed E-state index contributed by atoms with van der Waals surface area (Å²) in [5, 5.41) is 9.11. The van der Waals surface area contributed by atoms with Gasteiger partial charge in [-0.15, -0.1) is 0 Å². The van der Waals surface area contributed by atoms with E-state index < -0.39 is 0 Å². The number of ether oxygens (including phenoxy) is 1. The lowest BCUT2D eigenvalue weighted by molar-refractivity contribution is 0.282. The number of nitrogen functional groups attached to an aromatic ring is 1. The first-order valence-electron chi connectivity index (χ1n) is 5.37. The predicted molar refractivity (Wildman–Crippen MR) is 68.8 cm³/mol. The molecule has 0 atom stereocenters. The Morgan fingerprint density at radius 1 is 1.12 bits per heavy atom. The minimum absolute atomic E-state index is 0.0350. The Morgan fingerprint density at radius 2 is 1.94 bits per heavy atom. The molecule has 0 unspecified atom stereocenters. The van der Waals surface area contributed by atoms with Crippen molar-refractivity contribution in [2.24, 2.45) is 0 Å². The summed E-state index contributed by atoms with van der Waals surface area (Å²) in [6.45, 7) is 0.0350. The molecule has 2 aromatic carbocycles. The molecule has 3 nitrogen and oxygen atoms in total. The van der Waals surface area contributed by atoms with Crippen molar-refractivity contribution in [1.82, 2.24) is 0 Å². The van der Waals surface area contributed by atoms with Gasteiger partial charge in [0.2, 0.25) is 0 Å². The molecule has 0 spiro atoms. The van der Waals surface area contributed by atoms with Gasteiger partial charge in [0.15, 0.2) is 0 Å². The second-order valence-electron chi connectivity index (χ2n) is 3.85. The highest BCUT2D eigenvalue weighted by Crippen LogP contribution is 2.27. The van der Waals surface area contributed by atoms with Gasteiger partial charge in [-0.1, -0.05) is 18.2 Å². The molecular weight excluding hydrogens is 214 g/mol. The first kappa shape index (κ1) is 11.5. The van der Waals surface area contributed by atoms with Gasteiger partial charge in [0, 0.05) is 11.8 Å². The number of aliphatic hydroxyl groups excluding tert-OH is 1. The van der Waals surface area contributed by atoms with Crippen LogP contribution in [0, 0.1) is 0 Å². The minimum atomic E-state index is 0.0350. The molecule has 0 amide bonds. The van der Waals surface area contributed by atoms with Crippen molar-refractivity contribution in [3.63, 3.8) is 0 Å². The maximum Gasteiger partial charge on any atom is 0.121 e. The average molecular weight is 229 g/mol. The van der Waals surface area contributed by atoms with Crippen molar-refractivity contribution in [3.8, 4) is 16.9 Å². The molecule has 2 aromatic rings. The van der Waals surface area contributed by atoms with Gasteiger partial charge in [-0.25, -0.2) is 0 Å². The number of nitrogens with two attached hydrogens (primary N) is 1. The summed E-state index contributed by atoms with van der Waals surface area (Å²) in [7, 11) is 1.61. The molecule has 2 rings (SSSR count). The number of benzene rings is 2. The average Bonchev–Trinajstić information content (AvgIpc) is 2.38. The van der Waals surface area contributed by atoms with Gasteiger partial charge < -0.3 is 15.6 Å². The summed E-state index contributed by atoms with van der Waals surface area (Å²) in [6, 6.07) is 13.3. The van der Waals surface area contributed by atoms with E-state index in [2.05, 4.69) is 0 Å². The quantitative estimate of drug-likeness (QED) is 0.795. The standard InChI is InChI=1S/C14H15NO2/c1-17-14-7-12(6-13(15)8-14)11-4-2-3-10(5-11)9-16/h2-8,16H,9,15H2,1H3. The van der Waals surface area contributed by atoms with E-state index in [9.17, 15) is 0 Å². The molecular formula is C14H15NO2. The van der Waals surface area contributed by atoms with Crippen LogP contribution in [0.15, 0.2) is 42.5 Å². The summed E-state index contributed by atoms with van der Waals surface area (Å²) in [5.41, 5.74) is 9.35. The van der Waals surface area contributed by atoms with E-state index in [4.69, 9.17) is 15.6 Å². The fourth-order valence-corrected chi connectivity index (χ4v) is 1.76. The van der Waals surface area contributed by atoms with Gasteiger partial charge >= 0.3 is 0 Å². The van der Waals surface area contributed by atoms with Crippen LogP contribution in [-0.2, 0) is 6.61 Å². The molecule has 0 heterocycles. The van der Waals surface area contributed by atoms with Crippen LogP contribution in [0.2, 0.25) is 0 Å². The molecule has 3 N–H and O–H groups in total. The first-order chi connectivity index (χ1) is 8.22. The minimum Gasteiger partial charge on any atom is -0.497 e. The molecule has 0 saturated heterocycles. The Kier molecular flexibility index (Phi) is 3.30. The van der Waals surface area contributed by atoms with E-state index in [1.165, 1.54) is 0 Å². The van der Waals surface area contributed by atoms with E-state index in [1.54, 1.807) is 13.2 Å². The summed E-state index contributed by atoms with van der Waals surface area (Å²) in [5.74, 6) is 0.731. The fourth-order valence-electron chi connectivity index (χ4n) is 1.76. The zero-order chi connectivity index (χ0) is 12.3. The van der Waals surface area contributed by atoms with Crippen molar-refractivity contribution in [1.29, 1.82) is 0 Å². The highest BCUT2D eigenvalue weighted by Gasteiger charge is 2.03. The second kappa shape index (κ2) is 4.89. The van der Waals surface area contributed by atoms with Crippen molar-refractivity contribution < 1.29 is 9.84 Å². The van der Waals surface area contributed by atoms with Crippen molar-refractivity contribution in [3.05, 3.63) is 48.0 Å². The van der Waals surface area contributed by atoms with Crippen molar-refractivity contribution >= 4 is 5.69 Å². The third kappa shape index (κ3) is 2.57. The number of aliphatic hydroxyl groups is 1. The van der Waals surface area contributed by atoms with E-state index in [0.717, 1.165) is 22.4 Å². The molecule has 0 aliphatic heterocycles. The SMILES string of the molecule is COc1cc(N)cc(-c2cccc(CO)c2)c1. The predicted octanol–water partition coefficient (Wildman–Crippen LogP) is 2.44. The van der Waals surface area contributed by atoms with Crippen LogP contribution in [-0.4, -0.2) is 12.2 Å². The van der Waals surface area contributed by atoms with Crippen LogP contribution >= 0.6 is 0 Å². The van der Waals surface area contributed by atoms with E-state index in [1.807, 2.05) is 36.4 Å². The Morgan fingerprint density at radius 3 is 2.65 bits per heavy atom. The lowest BCUT2D eigenvalue weighted by Gasteiger charge is -2.08. The molecule has 0 fully saturated rings. The molecule has 88 valence electrons. The number of hydrogen-bond acceptors (Lipinski definition) is 3. The molecule has 0 bridgehead atoms. The monoisotopic (exact) mass is 229 g/mol. The molecule has 0 saturated carbocycles. The largest absolute Gasteiger partial charge is 0.497 e. The van der Waals surface area contributed by atoms with Crippen molar-refractivity contribution in [2.75, 3.05) is 12.8 Å². The lowest BCUT2D eigenvalue weighted by Crippen LogP contribution is -1.91. The van der Waals surface area contributed by atoms with Gasteiger partial charge in [0.1, 0.15) is 5.75 Å². The van der Waals surface area contributed by atoms with Crippen LogP contribution in [0.1, 0.15) is 5.56 Å². The zero-order valence-electron chi connectivity index (χ0n) is 9.68. The maximum absolute atomic E-state index is 9.11. The molecule has 3 heteroatoms. The molecule has 17 heavy (non-hydrogen) atoms. The lowest BCUT2D eigenvalue weighted by atomic mass is 10.0. The van der Waals surface area contributed by atoms with Gasteiger partial charge in [0.25, 0.3) is 0 Å². The normalized spacial score (nSPS) is 10.2. The zero-order valence-corrected chi connectivity index (χ0v) is 9.68. The summed E-state index contributed by atoms with van der Waals surface area (Å²) in [4.78, 5) is 0. The molecule has 0 radical (unpaired) electrons. The second-order valence-corrected chi connectivity index (χ2v) is 3.85. The third-order valence-corrected chi connectivity index (χ3v) is 2.61. The Balaban J connectivity index is 2.47. The maximum atomic E-state index is 9.11. The number of rotatable bonds is 3. The molecule has 0 aromatic heterocycles. The van der Waals surface area contributed by atoms with Gasteiger partial charge in [-0.2, -0.15) is 0 Å². The fraction of sp³-hybridized carbons (Fsp3) is 0.143. The smallest absolute Gasteiger partial charge is 0.121 e. The summed E-state index contributed by atoms with van der Waals surface area (Å²) >= 11 is 0. The summed E-state index contributed by atoms with van der Waals surface area (Å²) < 4.78 is 5.18. The molecule has 0 aliphatic carbocycles. The van der Waals surface area contributed by atoms with Gasteiger partial charge in [-0.05, 0) is 34.9 Å². The van der Waals surface area contributed by atoms with E-state index >= 15 is 0 Å². The van der Waals surface area contributed by atoms with Crippen LogP contribution in [0.25, 0.3) is 11.1 Å². The molecule has 0 aliphatic rings. The van der Waals surface area contributed by atoms with Crippen LogP contribution in [0.5, 0.6) is 5.75 Å². The topological polar surface area (TPSA) is 55.5 Å². The van der Waals surface area contributed by atoms with Gasteiger partial charge in [-0.3, -0.25) is 0 Å². The number of hydrogen-bond donors (Lipinski definition) is 2. The number of anilines is 1. The van der Waals surface area contributed by atoms with Crippen LogP contribution in [0.3, 0.4) is 0 Å². The highest BCUT2D eigenvalue weighted by molar-refractivity contribution is 5.70. The summed E-state index contributed by atoms with van der Waals surface area (Å²) in [6.07, 6.45) is 0. The third-order valence-electron chi connectivity index (χ3n) is 2.61. The van der Waals surface area contributed by atoms with Crippen LogP contribution < -0.4 is 10.5 Å².